The lowest BCUT2D eigenvalue weighted by molar-refractivity contribution is -0.143. The van der Waals surface area contributed by atoms with Gasteiger partial charge in [0.05, 0.1) is 5.92 Å². The van der Waals surface area contributed by atoms with Gasteiger partial charge in [0.25, 0.3) is 0 Å². The van der Waals surface area contributed by atoms with Gasteiger partial charge in [0.2, 0.25) is 5.91 Å². The second-order valence-corrected chi connectivity index (χ2v) is 5.41. The van der Waals surface area contributed by atoms with Crippen molar-refractivity contribution in [3.63, 3.8) is 0 Å². The first-order chi connectivity index (χ1) is 9.58. The van der Waals surface area contributed by atoms with Crippen LogP contribution in [0.3, 0.4) is 0 Å². The van der Waals surface area contributed by atoms with Crippen molar-refractivity contribution in [3.8, 4) is 0 Å². The van der Waals surface area contributed by atoms with Crippen LogP contribution in [0, 0.1) is 5.92 Å². The normalized spacial score (nSPS) is 27.4. The molecule has 1 saturated carbocycles. The Bertz CT molecular complexity index is 399. The average Bonchev–Trinajstić information content (AvgIpc) is 2.64. The summed E-state index contributed by atoms with van der Waals surface area (Å²) in [4.78, 5) is 36.1. The second-order valence-electron chi connectivity index (χ2n) is 5.41. The summed E-state index contributed by atoms with van der Waals surface area (Å²) in [6.45, 7) is 0.942. The number of piperazine rings is 1. The van der Waals surface area contributed by atoms with Gasteiger partial charge in [-0.1, -0.05) is 19.3 Å². The first-order valence-electron chi connectivity index (χ1n) is 7.13. The molecule has 2 atom stereocenters. The molecule has 20 heavy (non-hydrogen) atoms. The Morgan fingerprint density at radius 1 is 1.25 bits per heavy atom. The number of hydrogen-bond acceptors (Lipinski definition) is 3. The predicted octanol–water partition coefficient (Wildman–Crippen LogP) is 0.161. The van der Waals surface area contributed by atoms with E-state index in [0.717, 1.165) is 19.3 Å². The summed E-state index contributed by atoms with van der Waals surface area (Å²) in [6, 6.07) is -0.675. The fourth-order valence-corrected chi connectivity index (χ4v) is 2.84. The van der Waals surface area contributed by atoms with Crippen molar-refractivity contribution in [2.75, 3.05) is 19.6 Å². The second kappa shape index (κ2) is 6.58. The van der Waals surface area contributed by atoms with Gasteiger partial charge in [0.1, 0.15) is 6.54 Å². The third-order valence-corrected chi connectivity index (χ3v) is 3.97. The fourth-order valence-electron chi connectivity index (χ4n) is 2.84. The van der Waals surface area contributed by atoms with E-state index in [0.29, 0.717) is 25.9 Å². The number of carboxylic acids is 1. The molecule has 1 heterocycles. The minimum Gasteiger partial charge on any atom is -0.481 e. The van der Waals surface area contributed by atoms with E-state index in [1.54, 1.807) is 0 Å². The van der Waals surface area contributed by atoms with E-state index < -0.39 is 11.9 Å². The highest BCUT2D eigenvalue weighted by molar-refractivity contribution is 5.85. The molecule has 7 nitrogen and oxygen atoms in total. The number of nitrogens with one attached hydrogen (secondary N) is 2. The van der Waals surface area contributed by atoms with Crippen LogP contribution in [0.25, 0.3) is 0 Å². The number of aliphatic carboxylic acids is 1. The first-order valence-corrected chi connectivity index (χ1v) is 7.13. The van der Waals surface area contributed by atoms with E-state index in [9.17, 15) is 19.5 Å². The molecule has 1 saturated heterocycles. The van der Waals surface area contributed by atoms with E-state index >= 15 is 0 Å². The molecule has 1 aliphatic heterocycles. The summed E-state index contributed by atoms with van der Waals surface area (Å²) in [7, 11) is 0. The smallest absolute Gasteiger partial charge is 0.318 e. The summed E-state index contributed by atoms with van der Waals surface area (Å²) < 4.78 is 0. The Balaban J connectivity index is 1.96. The number of nitrogens with zero attached hydrogens (tertiary/aromatic N) is 1. The average molecular weight is 283 g/mol. The Hall–Kier alpha value is -1.79. The highest BCUT2D eigenvalue weighted by Gasteiger charge is 2.32. The van der Waals surface area contributed by atoms with Gasteiger partial charge in [-0.3, -0.25) is 9.59 Å². The molecule has 2 unspecified atom stereocenters. The third kappa shape index (κ3) is 3.61. The zero-order chi connectivity index (χ0) is 14.5. The molecule has 0 aromatic carbocycles. The number of amides is 3. The molecule has 2 aliphatic rings. The Kier molecular flexibility index (Phi) is 4.81. The van der Waals surface area contributed by atoms with Gasteiger partial charge in [0.15, 0.2) is 0 Å². The van der Waals surface area contributed by atoms with Crippen LogP contribution in [-0.4, -0.2) is 53.6 Å². The maximum Gasteiger partial charge on any atom is 0.318 e. The van der Waals surface area contributed by atoms with Gasteiger partial charge in [-0.05, 0) is 12.8 Å². The quantitative estimate of drug-likeness (QED) is 0.629. The lowest BCUT2D eigenvalue weighted by Gasteiger charge is -2.30. The SMILES string of the molecule is O=C1CN(C(=O)NC2CCCCCC2C(=O)O)CCN1. The van der Waals surface area contributed by atoms with Crippen LogP contribution in [0.5, 0.6) is 0 Å². The maximum absolute atomic E-state index is 12.1. The molecule has 112 valence electrons. The van der Waals surface area contributed by atoms with Gasteiger partial charge in [-0.25, -0.2) is 4.79 Å². The molecular weight excluding hydrogens is 262 g/mol. The van der Waals surface area contributed by atoms with Crippen LogP contribution in [0.1, 0.15) is 32.1 Å². The van der Waals surface area contributed by atoms with Crippen molar-refractivity contribution in [1.29, 1.82) is 0 Å². The Morgan fingerprint density at radius 3 is 2.70 bits per heavy atom. The Labute approximate surface area is 117 Å². The number of carboxylic acid groups (broad SMARTS) is 1. The number of urea groups is 1. The summed E-state index contributed by atoms with van der Waals surface area (Å²) in [5.74, 6) is -1.56. The van der Waals surface area contributed by atoms with E-state index in [1.807, 2.05) is 0 Å². The van der Waals surface area contributed by atoms with Crippen LogP contribution in [0.2, 0.25) is 0 Å². The van der Waals surface area contributed by atoms with Crippen LogP contribution >= 0.6 is 0 Å². The highest BCUT2D eigenvalue weighted by atomic mass is 16.4. The van der Waals surface area contributed by atoms with Crippen molar-refractivity contribution in [3.05, 3.63) is 0 Å². The van der Waals surface area contributed by atoms with Crippen molar-refractivity contribution in [2.45, 2.75) is 38.1 Å². The molecular formula is C13H21N3O4. The molecule has 3 amide bonds. The topological polar surface area (TPSA) is 98.7 Å². The van der Waals surface area contributed by atoms with Crippen molar-refractivity contribution in [1.82, 2.24) is 15.5 Å². The van der Waals surface area contributed by atoms with E-state index in [2.05, 4.69) is 10.6 Å². The molecule has 0 aromatic heterocycles. The number of carbonyl (C=O) groups is 3. The van der Waals surface area contributed by atoms with Crippen molar-refractivity contribution >= 4 is 17.9 Å². The maximum atomic E-state index is 12.1. The molecule has 2 rings (SSSR count). The van der Waals surface area contributed by atoms with Crippen LogP contribution in [-0.2, 0) is 9.59 Å². The molecule has 2 fully saturated rings. The van der Waals surface area contributed by atoms with Gasteiger partial charge >= 0.3 is 12.0 Å². The summed E-state index contributed by atoms with van der Waals surface area (Å²) in [6.07, 6.45) is 4.09. The van der Waals surface area contributed by atoms with Crippen LogP contribution < -0.4 is 10.6 Å². The van der Waals surface area contributed by atoms with Crippen LogP contribution in [0.15, 0.2) is 0 Å². The molecule has 1 aliphatic carbocycles. The minimum absolute atomic E-state index is 0.0380. The van der Waals surface area contributed by atoms with Crippen LogP contribution in [0.4, 0.5) is 4.79 Å². The van der Waals surface area contributed by atoms with Crippen molar-refractivity contribution in [2.24, 2.45) is 5.92 Å². The molecule has 0 spiro atoms. The van der Waals surface area contributed by atoms with Gasteiger partial charge in [0, 0.05) is 19.1 Å². The fraction of sp³-hybridized carbons (Fsp3) is 0.769. The Morgan fingerprint density at radius 2 is 2.00 bits per heavy atom. The highest BCUT2D eigenvalue weighted by Crippen LogP contribution is 2.24. The summed E-state index contributed by atoms with van der Waals surface area (Å²) >= 11 is 0. The first kappa shape index (κ1) is 14.6. The van der Waals surface area contributed by atoms with Gasteiger partial charge < -0.3 is 20.6 Å². The van der Waals surface area contributed by atoms with E-state index in [1.165, 1.54) is 4.90 Å². The predicted molar refractivity (Wildman–Crippen MR) is 71.1 cm³/mol. The molecule has 3 N–H and O–H groups in total. The lowest BCUT2D eigenvalue weighted by atomic mass is 9.95. The summed E-state index contributed by atoms with van der Waals surface area (Å²) in [5.41, 5.74) is 0. The molecule has 0 aromatic rings. The third-order valence-electron chi connectivity index (χ3n) is 3.97. The largest absolute Gasteiger partial charge is 0.481 e. The van der Waals surface area contributed by atoms with Gasteiger partial charge in [-0.2, -0.15) is 0 Å². The molecule has 0 radical (unpaired) electrons. The van der Waals surface area contributed by atoms with E-state index in [4.69, 9.17) is 0 Å². The van der Waals surface area contributed by atoms with Gasteiger partial charge in [-0.15, -0.1) is 0 Å². The van der Waals surface area contributed by atoms with E-state index in [-0.39, 0.29) is 24.5 Å². The molecule has 7 heteroatoms. The minimum atomic E-state index is -0.853. The van der Waals surface area contributed by atoms with Crippen molar-refractivity contribution < 1.29 is 19.5 Å². The molecule has 0 bridgehead atoms. The monoisotopic (exact) mass is 283 g/mol. The zero-order valence-electron chi connectivity index (χ0n) is 11.4. The lowest BCUT2D eigenvalue weighted by Crippen LogP contribution is -2.55. The zero-order valence-corrected chi connectivity index (χ0v) is 11.4. The number of rotatable bonds is 2. The number of carbonyl (C=O) groups excluding carboxylic acids is 2. The standard InChI is InChI=1S/C13H21N3O4/c17-11-8-16(7-6-14-11)13(20)15-10-5-3-1-2-4-9(10)12(18)19/h9-10H,1-8H2,(H,14,17)(H,15,20)(H,18,19). The summed E-state index contributed by atoms with van der Waals surface area (Å²) in [5, 5.41) is 14.7. The number of hydrogen-bond donors (Lipinski definition) is 3.